The first kappa shape index (κ1) is 13.9. The van der Waals surface area contributed by atoms with Crippen LogP contribution in [0.3, 0.4) is 0 Å². The minimum atomic E-state index is 0. The van der Waals surface area contributed by atoms with Crippen LogP contribution in [-0.2, 0) is 0 Å². The van der Waals surface area contributed by atoms with Crippen LogP contribution in [0.25, 0.3) is 5.70 Å². The summed E-state index contributed by atoms with van der Waals surface area (Å²) in [5.41, 5.74) is 6.77. The highest BCUT2D eigenvalue weighted by Gasteiger charge is 2.18. The molecule has 1 N–H and O–H groups in total. The van der Waals surface area contributed by atoms with Crippen molar-refractivity contribution in [3.05, 3.63) is 72.4 Å². The van der Waals surface area contributed by atoms with Crippen molar-refractivity contribution in [3.63, 3.8) is 0 Å². The molecular weight excluding hydrogens is 349 g/mol. The zero-order chi connectivity index (χ0) is 12.4. The lowest BCUT2D eigenvalue weighted by Gasteiger charge is -2.20. The van der Waals surface area contributed by atoms with Crippen molar-refractivity contribution >= 4 is 11.4 Å². The molecule has 0 amide bonds. The Bertz CT molecular complexity index is 554. The van der Waals surface area contributed by atoms with Crippen molar-refractivity contribution in [1.82, 2.24) is 10.5 Å². The van der Waals surface area contributed by atoms with Gasteiger partial charge in [0, 0.05) is 18.8 Å². The summed E-state index contributed by atoms with van der Waals surface area (Å²) in [4.78, 5) is 0. The van der Waals surface area contributed by atoms with Gasteiger partial charge in [0.15, 0.2) is 0 Å². The number of benzene rings is 2. The third-order valence-electron chi connectivity index (χ3n) is 2.97. The molecule has 2 aromatic carbocycles. The predicted molar refractivity (Wildman–Crippen MR) is 74.2 cm³/mol. The first-order valence-corrected chi connectivity index (χ1v) is 5.96. The maximum atomic E-state index is 3.29. The fourth-order valence-corrected chi connectivity index (χ4v) is 2.05. The molecule has 19 heavy (non-hydrogen) atoms. The molecule has 0 spiro atoms. The quantitative estimate of drug-likeness (QED) is 0.749. The number of anilines is 1. The number of para-hydroxylation sites is 1. The second-order valence-corrected chi connectivity index (χ2v) is 4.24. The zero-order valence-electron chi connectivity index (χ0n) is 10.6. The summed E-state index contributed by atoms with van der Waals surface area (Å²) in [6.07, 6.45) is 2.10. The smallest absolute Gasteiger partial charge is 0.0785 e. The van der Waals surface area contributed by atoms with Gasteiger partial charge in [0.05, 0.1) is 11.4 Å². The van der Waals surface area contributed by atoms with E-state index in [0.717, 1.165) is 11.4 Å². The van der Waals surface area contributed by atoms with E-state index in [-0.39, 0.29) is 24.0 Å². The van der Waals surface area contributed by atoms with E-state index in [1.165, 1.54) is 5.56 Å². The average Bonchev–Trinajstić information content (AvgIpc) is 2.83. The fourth-order valence-electron chi connectivity index (χ4n) is 2.05. The molecule has 2 aromatic rings. The van der Waals surface area contributed by atoms with E-state index in [2.05, 4.69) is 48.1 Å². The average molecular weight is 364 g/mol. The van der Waals surface area contributed by atoms with Crippen molar-refractivity contribution in [2.45, 2.75) is 0 Å². The molecule has 1 aliphatic heterocycles. The first-order chi connectivity index (χ1) is 8.84. The minimum Gasteiger partial charge on any atom is -1.00 e. The van der Waals surface area contributed by atoms with Gasteiger partial charge in [-0.15, -0.1) is 5.53 Å². The Morgan fingerprint density at radius 3 is 2.05 bits per heavy atom. The summed E-state index contributed by atoms with van der Waals surface area (Å²) in [5.74, 6) is 0. The number of hydrogen-bond donors (Lipinski definition) is 1. The van der Waals surface area contributed by atoms with Crippen LogP contribution >= 0.6 is 0 Å². The van der Waals surface area contributed by atoms with Crippen LogP contribution in [0.4, 0.5) is 5.69 Å². The summed E-state index contributed by atoms with van der Waals surface area (Å²) in [5, 5.41) is 4.03. The van der Waals surface area contributed by atoms with Gasteiger partial charge < -0.3 is 24.0 Å². The van der Waals surface area contributed by atoms with Gasteiger partial charge in [-0.05, 0) is 12.1 Å². The lowest BCUT2D eigenvalue weighted by atomic mass is 10.2. The number of rotatable bonds is 2. The van der Waals surface area contributed by atoms with Gasteiger partial charge in [-0.25, -0.2) is 0 Å². The summed E-state index contributed by atoms with van der Waals surface area (Å²) in [7, 11) is 2.02. The van der Waals surface area contributed by atoms with Crippen molar-refractivity contribution in [2.24, 2.45) is 0 Å². The second kappa shape index (κ2) is 6.08. The Morgan fingerprint density at radius 1 is 0.842 bits per heavy atom. The third kappa shape index (κ3) is 2.90. The van der Waals surface area contributed by atoms with Crippen molar-refractivity contribution in [2.75, 3.05) is 12.1 Å². The topological polar surface area (TPSA) is 18.5 Å². The molecule has 4 heteroatoms. The molecule has 3 nitrogen and oxygen atoms in total. The Balaban J connectivity index is 0.00000133. The zero-order valence-corrected chi connectivity index (χ0v) is 12.8. The molecule has 0 bridgehead atoms. The molecule has 0 fully saturated rings. The molecular formula is C15H15IN3-. The highest BCUT2D eigenvalue weighted by molar-refractivity contribution is 5.69. The minimum absolute atomic E-state index is 0. The largest absolute Gasteiger partial charge is 1.00 e. The predicted octanol–water partition coefficient (Wildman–Crippen LogP) is -0.139. The first-order valence-electron chi connectivity index (χ1n) is 5.96. The van der Waals surface area contributed by atoms with Crippen LogP contribution < -0.4 is 34.5 Å². The Hall–Kier alpha value is -1.53. The van der Waals surface area contributed by atoms with Crippen LogP contribution in [0.5, 0.6) is 0 Å². The highest BCUT2D eigenvalue weighted by Crippen LogP contribution is 2.24. The van der Waals surface area contributed by atoms with Crippen LogP contribution in [0, 0.1) is 0 Å². The molecule has 0 saturated heterocycles. The maximum Gasteiger partial charge on any atom is 0.0785 e. The molecule has 0 aromatic heterocycles. The molecule has 98 valence electrons. The van der Waals surface area contributed by atoms with Crippen LogP contribution in [0.15, 0.2) is 66.9 Å². The van der Waals surface area contributed by atoms with Gasteiger partial charge in [-0.2, -0.15) is 0 Å². The number of halogens is 1. The molecule has 0 atom stereocenters. The SMILES string of the molecule is CN1NN(c2ccccc2)C=C1c1ccccc1.[I-]. The van der Waals surface area contributed by atoms with E-state index in [1.807, 2.05) is 41.3 Å². The Labute approximate surface area is 130 Å². The van der Waals surface area contributed by atoms with Crippen molar-refractivity contribution in [1.29, 1.82) is 0 Å². The summed E-state index contributed by atoms with van der Waals surface area (Å²) in [6.45, 7) is 0. The molecule has 1 heterocycles. The lowest BCUT2D eigenvalue weighted by molar-refractivity contribution is -0.00000358. The van der Waals surface area contributed by atoms with Crippen LogP contribution in [0.2, 0.25) is 0 Å². The van der Waals surface area contributed by atoms with E-state index in [1.54, 1.807) is 0 Å². The molecule has 0 aliphatic carbocycles. The van der Waals surface area contributed by atoms with E-state index in [4.69, 9.17) is 0 Å². The van der Waals surface area contributed by atoms with E-state index in [0.29, 0.717) is 0 Å². The van der Waals surface area contributed by atoms with Gasteiger partial charge in [0.1, 0.15) is 0 Å². The van der Waals surface area contributed by atoms with Gasteiger partial charge in [-0.3, -0.25) is 10.0 Å². The van der Waals surface area contributed by atoms with Gasteiger partial charge in [-0.1, -0.05) is 48.5 Å². The van der Waals surface area contributed by atoms with E-state index >= 15 is 0 Å². The lowest BCUT2D eigenvalue weighted by Crippen LogP contribution is -3.00. The van der Waals surface area contributed by atoms with E-state index in [9.17, 15) is 0 Å². The van der Waals surface area contributed by atoms with Gasteiger partial charge in [0.2, 0.25) is 0 Å². The highest BCUT2D eigenvalue weighted by atomic mass is 127. The normalized spacial score (nSPS) is 14.1. The Kier molecular flexibility index (Phi) is 4.44. The number of nitrogens with zero attached hydrogens (tertiary/aromatic N) is 2. The van der Waals surface area contributed by atoms with Gasteiger partial charge >= 0.3 is 0 Å². The monoisotopic (exact) mass is 364 g/mol. The molecule has 0 saturated carbocycles. The number of hydrogen-bond acceptors (Lipinski definition) is 3. The maximum absolute atomic E-state index is 3.29. The molecule has 3 rings (SSSR count). The summed E-state index contributed by atoms with van der Waals surface area (Å²) in [6, 6.07) is 20.6. The van der Waals surface area contributed by atoms with Gasteiger partial charge in [0.25, 0.3) is 0 Å². The van der Waals surface area contributed by atoms with Crippen LogP contribution in [0.1, 0.15) is 5.56 Å². The third-order valence-corrected chi connectivity index (χ3v) is 2.97. The molecule has 0 radical (unpaired) electrons. The summed E-state index contributed by atoms with van der Waals surface area (Å²) < 4.78 is 0. The standard InChI is InChI=1S/C15H15N3.HI/c1-17-15(13-8-4-2-5-9-13)12-18(16-17)14-10-6-3-7-11-14;/h2-12,16H,1H3;1H/p-1. The Morgan fingerprint density at radius 2 is 1.42 bits per heavy atom. The van der Waals surface area contributed by atoms with E-state index < -0.39 is 0 Å². The fraction of sp³-hybridized carbons (Fsp3) is 0.0667. The second-order valence-electron chi connectivity index (χ2n) is 4.24. The molecule has 0 unspecified atom stereocenters. The van der Waals surface area contributed by atoms with Crippen LogP contribution in [-0.4, -0.2) is 12.1 Å². The number of nitrogens with one attached hydrogen (secondary N) is 1. The van der Waals surface area contributed by atoms with Crippen molar-refractivity contribution in [3.8, 4) is 0 Å². The van der Waals surface area contributed by atoms with Crippen molar-refractivity contribution < 1.29 is 24.0 Å². The molecule has 1 aliphatic rings. The number of hydrazine groups is 2. The summed E-state index contributed by atoms with van der Waals surface area (Å²) >= 11 is 0.